The molecule has 12 aromatic rings. The number of hydrogen-bond donors (Lipinski definition) is 0. The molecule has 2 nitrogen and oxygen atoms in total. The molecule has 12 rings (SSSR count). The van der Waals surface area contributed by atoms with Crippen molar-refractivity contribution in [2.45, 2.75) is 0 Å². The third-order valence-electron chi connectivity index (χ3n) is 13.0. The van der Waals surface area contributed by atoms with Gasteiger partial charge < -0.3 is 9.47 Å². The normalized spacial score (nSPS) is 11.3. The maximum absolute atomic E-state index is 2.46. The van der Waals surface area contributed by atoms with E-state index in [-0.39, 0.29) is 0 Å². The van der Waals surface area contributed by atoms with Crippen molar-refractivity contribution >= 4 is 49.6 Å². The molecule has 0 atom stereocenters. The second kappa shape index (κ2) is 16.8. The average molecular weight is 841 g/mol. The molecule has 1 aromatic heterocycles. The summed E-state index contributed by atoms with van der Waals surface area (Å²) in [5, 5.41) is 4.87. The van der Waals surface area contributed by atoms with Gasteiger partial charge in [0.1, 0.15) is 0 Å². The molecule has 11 aromatic carbocycles. The molecular formula is C64H44N2. The minimum atomic E-state index is 1.07. The molecule has 0 saturated carbocycles. The fourth-order valence-electron chi connectivity index (χ4n) is 10.1. The zero-order valence-electron chi connectivity index (χ0n) is 36.3. The fourth-order valence-corrected chi connectivity index (χ4v) is 10.1. The number of benzene rings is 11. The lowest BCUT2D eigenvalue weighted by Crippen LogP contribution is -2.11. The molecule has 0 unspecified atom stereocenters. The topological polar surface area (TPSA) is 8.17 Å². The van der Waals surface area contributed by atoms with Gasteiger partial charge in [-0.1, -0.05) is 212 Å². The molecule has 0 fully saturated rings. The molecular weight excluding hydrogens is 797 g/mol. The van der Waals surface area contributed by atoms with Crippen molar-refractivity contribution in [1.82, 2.24) is 4.57 Å². The van der Waals surface area contributed by atoms with Crippen LogP contribution in [0, 0.1) is 0 Å². The highest BCUT2D eigenvalue weighted by Gasteiger charge is 2.24. The smallest absolute Gasteiger partial charge is 0.0547 e. The van der Waals surface area contributed by atoms with Gasteiger partial charge in [-0.25, -0.2) is 0 Å². The van der Waals surface area contributed by atoms with Crippen LogP contribution in [0.5, 0.6) is 0 Å². The standard InChI is InChI=1S/C64H44N2/c1-4-22-46(23-5-1)53-31-12-13-33-57(53)63-54(47-24-6-2-7-25-47)35-19-37-58(63)56-32-14-16-38-60(56)65(52-42-41-45-21-10-11-26-48(45)43-52)51-30-18-27-49(44-51)55-36-20-40-62-64(55)59-34-15-17-39-61(59)66(62)50-28-8-3-9-29-50/h1-44H. The Kier molecular flexibility index (Phi) is 9.89. The van der Waals surface area contributed by atoms with E-state index in [1.807, 2.05) is 0 Å². The van der Waals surface area contributed by atoms with E-state index in [9.17, 15) is 0 Å². The number of para-hydroxylation sites is 3. The van der Waals surface area contributed by atoms with E-state index in [1.165, 1.54) is 71.5 Å². The van der Waals surface area contributed by atoms with Crippen LogP contribution in [0.15, 0.2) is 267 Å². The Balaban J connectivity index is 1.10. The van der Waals surface area contributed by atoms with Crippen LogP contribution in [0.1, 0.15) is 0 Å². The van der Waals surface area contributed by atoms with Gasteiger partial charge in [-0.3, -0.25) is 0 Å². The fraction of sp³-hybridized carbons (Fsp3) is 0. The van der Waals surface area contributed by atoms with Crippen molar-refractivity contribution in [3.63, 3.8) is 0 Å². The van der Waals surface area contributed by atoms with Crippen LogP contribution < -0.4 is 4.90 Å². The van der Waals surface area contributed by atoms with E-state index >= 15 is 0 Å². The van der Waals surface area contributed by atoms with Gasteiger partial charge >= 0.3 is 0 Å². The predicted molar refractivity (Wildman–Crippen MR) is 280 cm³/mol. The van der Waals surface area contributed by atoms with Crippen molar-refractivity contribution in [1.29, 1.82) is 0 Å². The third-order valence-corrected chi connectivity index (χ3v) is 13.0. The largest absolute Gasteiger partial charge is 0.310 e. The molecule has 0 saturated heterocycles. The Morgan fingerprint density at radius 3 is 1.62 bits per heavy atom. The van der Waals surface area contributed by atoms with E-state index < -0.39 is 0 Å². The molecule has 2 heteroatoms. The summed E-state index contributed by atoms with van der Waals surface area (Å²) >= 11 is 0. The summed E-state index contributed by atoms with van der Waals surface area (Å²) in [6.07, 6.45) is 0. The van der Waals surface area contributed by atoms with E-state index in [0.29, 0.717) is 0 Å². The van der Waals surface area contributed by atoms with Gasteiger partial charge in [-0.2, -0.15) is 0 Å². The molecule has 0 aliphatic rings. The highest BCUT2D eigenvalue weighted by atomic mass is 15.1. The molecule has 0 aliphatic carbocycles. The minimum absolute atomic E-state index is 1.07. The molecule has 0 radical (unpaired) electrons. The van der Waals surface area contributed by atoms with Crippen LogP contribution in [-0.2, 0) is 0 Å². The number of nitrogens with zero attached hydrogens (tertiary/aromatic N) is 2. The Bertz CT molecular complexity index is 3700. The summed E-state index contributed by atoms with van der Waals surface area (Å²) < 4.78 is 2.40. The zero-order valence-corrected chi connectivity index (χ0v) is 36.3. The first-order chi connectivity index (χ1) is 32.8. The number of hydrogen-bond acceptors (Lipinski definition) is 1. The minimum Gasteiger partial charge on any atom is -0.310 e. The molecule has 0 bridgehead atoms. The van der Waals surface area contributed by atoms with Crippen molar-refractivity contribution in [2.24, 2.45) is 0 Å². The molecule has 0 N–H and O–H groups in total. The van der Waals surface area contributed by atoms with Gasteiger partial charge in [0.25, 0.3) is 0 Å². The second-order valence-corrected chi connectivity index (χ2v) is 16.8. The van der Waals surface area contributed by atoms with E-state index in [4.69, 9.17) is 0 Å². The predicted octanol–water partition coefficient (Wildman–Crippen LogP) is 17.7. The Morgan fingerprint density at radius 2 is 0.818 bits per heavy atom. The summed E-state index contributed by atoms with van der Waals surface area (Å²) in [5.74, 6) is 0. The van der Waals surface area contributed by atoms with Gasteiger partial charge in [0, 0.05) is 33.4 Å². The Labute approximate surface area is 385 Å². The Morgan fingerprint density at radius 1 is 0.288 bits per heavy atom. The SMILES string of the molecule is c1ccc(-c2ccccc2-c2c(-c3ccccc3)cccc2-c2ccccc2N(c2cccc(-c3cccc4c3c3ccccc3n4-c3ccccc3)c2)c2ccc3ccccc3c2)cc1. The highest BCUT2D eigenvalue weighted by Crippen LogP contribution is 2.49. The summed E-state index contributed by atoms with van der Waals surface area (Å²) in [7, 11) is 0. The van der Waals surface area contributed by atoms with Crippen LogP contribution in [0.25, 0.3) is 93.9 Å². The Hall–Kier alpha value is -8.72. The number of aromatic nitrogens is 1. The molecule has 66 heavy (non-hydrogen) atoms. The number of fused-ring (bicyclic) bond motifs is 4. The average Bonchev–Trinajstić information content (AvgIpc) is 3.74. The first-order valence-electron chi connectivity index (χ1n) is 22.7. The highest BCUT2D eigenvalue weighted by molar-refractivity contribution is 6.16. The molecule has 0 spiro atoms. The quantitative estimate of drug-likeness (QED) is 0.141. The lowest BCUT2D eigenvalue weighted by atomic mass is 9.84. The summed E-state index contributed by atoms with van der Waals surface area (Å²) in [4.78, 5) is 2.46. The first-order valence-corrected chi connectivity index (χ1v) is 22.7. The summed E-state index contributed by atoms with van der Waals surface area (Å²) in [5.41, 5.74) is 18.6. The van der Waals surface area contributed by atoms with Gasteiger partial charge in [0.2, 0.25) is 0 Å². The van der Waals surface area contributed by atoms with Crippen molar-refractivity contribution in [2.75, 3.05) is 4.90 Å². The third kappa shape index (κ3) is 6.84. The van der Waals surface area contributed by atoms with Crippen LogP contribution in [-0.4, -0.2) is 4.57 Å². The zero-order chi connectivity index (χ0) is 43.8. The molecule has 1 heterocycles. The number of rotatable bonds is 9. The van der Waals surface area contributed by atoms with Gasteiger partial charge in [-0.15, -0.1) is 0 Å². The van der Waals surface area contributed by atoms with Gasteiger partial charge in [-0.05, 0) is 115 Å². The van der Waals surface area contributed by atoms with Crippen molar-refractivity contribution in [3.05, 3.63) is 267 Å². The monoisotopic (exact) mass is 840 g/mol. The maximum Gasteiger partial charge on any atom is 0.0547 e. The maximum atomic E-state index is 2.46. The van der Waals surface area contributed by atoms with E-state index in [2.05, 4.69) is 276 Å². The lowest BCUT2D eigenvalue weighted by Gasteiger charge is -2.29. The first kappa shape index (κ1) is 38.9. The van der Waals surface area contributed by atoms with Crippen LogP contribution in [0.3, 0.4) is 0 Å². The van der Waals surface area contributed by atoms with Crippen LogP contribution in [0.4, 0.5) is 17.1 Å². The molecule has 0 aliphatic heterocycles. The van der Waals surface area contributed by atoms with E-state index in [0.717, 1.165) is 39.4 Å². The van der Waals surface area contributed by atoms with Crippen LogP contribution in [0.2, 0.25) is 0 Å². The second-order valence-electron chi connectivity index (χ2n) is 16.8. The summed E-state index contributed by atoms with van der Waals surface area (Å²) in [6, 6.07) is 97.0. The number of anilines is 3. The van der Waals surface area contributed by atoms with Gasteiger partial charge in [0.05, 0.1) is 16.7 Å². The van der Waals surface area contributed by atoms with Crippen molar-refractivity contribution in [3.8, 4) is 61.3 Å². The van der Waals surface area contributed by atoms with Crippen molar-refractivity contribution < 1.29 is 0 Å². The molecule has 310 valence electrons. The summed E-state index contributed by atoms with van der Waals surface area (Å²) in [6.45, 7) is 0. The van der Waals surface area contributed by atoms with E-state index in [1.54, 1.807) is 0 Å². The van der Waals surface area contributed by atoms with Crippen LogP contribution >= 0.6 is 0 Å². The van der Waals surface area contributed by atoms with Gasteiger partial charge in [0.15, 0.2) is 0 Å². The lowest BCUT2D eigenvalue weighted by molar-refractivity contribution is 1.18. The molecule has 0 amide bonds.